The number of nitrogens with one attached hydrogen (secondary N) is 1. The Kier molecular flexibility index (Phi) is 4.14. The van der Waals surface area contributed by atoms with Crippen LogP contribution in [-0.4, -0.2) is 23.4 Å². The average molecular weight is 383 g/mol. The number of hydrogen-bond acceptors (Lipinski definition) is 3. The van der Waals surface area contributed by atoms with Crippen LogP contribution in [-0.2, 0) is 9.63 Å². The number of aryl methyl sites for hydroxylation is 1. The summed E-state index contributed by atoms with van der Waals surface area (Å²) in [4.78, 5) is 19.8. The van der Waals surface area contributed by atoms with Crippen LogP contribution in [0.4, 0.5) is 11.4 Å². The molecule has 6 unspecified atom stereocenters. The van der Waals surface area contributed by atoms with Gasteiger partial charge >= 0.3 is 0 Å². The van der Waals surface area contributed by atoms with Gasteiger partial charge in [0.05, 0.1) is 11.8 Å². The van der Waals surface area contributed by atoms with Gasteiger partial charge in [0.25, 0.3) is 0 Å². The molecule has 2 bridgehead atoms. The van der Waals surface area contributed by atoms with Gasteiger partial charge in [0.15, 0.2) is 0 Å². The molecule has 3 aliphatic rings. The van der Waals surface area contributed by atoms with Crippen LogP contribution in [0.3, 0.4) is 0 Å². The Morgan fingerprint density at radius 2 is 1.85 bits per heavy atom. The molecule has 2 aromatic rings. The first-order chi connectivity index (χ1) is 13.1. The molecule has 140 valence electrons. The number of alkyl halides is 1. The molecule has 3 fully saturated rings. The van der Waals surface area contributed by atoms with Crippen molar-refractivity contribution in [3.63, 3.8) is 0 Å². The van der Waals surface area contributed by atoms with Crippen LogP contribution in [0.1, 0.15) is 18.4 Å². The monoisotopic (exact) mass is 382 g/mol. The van der Waals surface area contributed by atoms with Gasteiger partial charge in [-0.1, -0.05) is 36.4 Å². The molecule has 0 aromatic heterocycles. The Morgan fingerprint density at radius 3 is 2.63 bits per heavy atom. The number of carbonyl (C=O) groups is 1. The first-order valence-electron chi connectivity index (χ1n) is 9.65. The quantitative estimate of drug-likeness (QED) is 0.800. The smallest absolute Gasteiger partial charge is 0.250 e. The van der Waals surface area contributed by atoms with Gasteiger partial charge < -0.3 is 5.32 Å². The second-order valence-corrected chi connectivity index (χ2v) is 8.53. The predicted molar refractivity (Wildman–Crippen MR) is 107 cm³/mol. The van der Waals surface area contributed by atoms with Gasteiger partial charge in [-0.25, -0.2) is 5.06 Å². The number of nitrogens with zero attached hydrogens (tertiary/aromatic N) is 1. The average Bonchev–Trinajstić information content (AvgIpc) is 3.34. The molecule has 1 heterocycles. The fraction of sp³-hybridized carbons (Fsp3) is 0.409. The number of hydroxylamine groups is 1. The summed E-state index contributed by atoms with van der Waals surface area (Å²) in [6.45, 7) is 2.01. The van der Waals surface area contributed by atoms with Crippen molar-refractivity contribution in [2.24, 2.45) is 17.8 Å². The van der Waals surface area contributed by atoms with Gasteiger partial charge in [-0.2, -0.15) is 0 Å². The summed E-state index contributed by atoms with van der Waals surface area (Å²) in [6.07, 6.45) is 2.08. The van der Waals surface area contributed by atoms with Crippen LogP contribution in [0.25, 0.3) is 0 Å². The number of benzene rings is 2. The zero-order chi connectivity index (χ0) is 18.5. The molecular weight excluding hydrogens is 360 g/mol. The highest BCUT2D eigenvalue weighted by Gasteiger charge is 2.62. The van der Waals surface area contributed by atoms with Crippen molar-refractivity contribution in [3.05, 3.63) is 60.2 Å². The van der Waals surface area contributed by atoms with Gasteiger partial charge in [-0.05, 0) is 49.4 Å². The van der Waals surface area contributed by atoms with E-state index in [0.717, 1.165) is 29.8 Å². The molecular formula is C22H23ClN2O2. The molecule has 5 rings (SSSR count). The minimum absolute atomic E-state index is 0.000625. The highest BCUT2D eigenvalue weighted by atomic mass is 35.5. The largest absolute Gasteiger partial charge is 0.324 e. The van der Waals surface area contributed by atoms with Crippen molar-refractivity contribution in [1.29, 1.82) is 0 Å². The first-order valence-corrected chi connectivity index (χ1v) is 10.1. The van der Waals surface area contributed by atoms with E-state index in [0.29, 0.717) is 11.8 Å². The number of para-hydroxylation sites is 2. The van der Waals surface area contributed by atoms with Crippen LogP contribution < -0.4 is 10.4 Å². The molecule has 2 aliphatic carbocycles. The fourth-order valence-electron chi connectivity index (χ4n) is 5.20. The second kappa shape index (κ2) is 6.54. The van der Waals surface area contributed by atoms with E-state index in [-0.39, 0.29) is 29.3 Å². The molecule has 0 radical (unpaired) electrons. The molecule has 1 amide bonds. The lowest BCUT2D eigenvalue weighted by atomic mass is 9.81. The SMILES string of the molecule is Cc1ccccc1NC(=O)C1C2C3CC(Cl)C(C3)C2ON1c1ccccc1. The van der Waals surface area contributed by atoms with Crippen molar-refractivity contribution in [2.45, 2.75) is 37.3 Å². The molecule has 2 aromatic carbocycles. The van der Waals surface area contributed by atoms with E-state index in [2.05, 4.69) is 5.32 Å². The van der Waals surface area contributed by atoms with E-state index in [4.69, 9.17) is 16.4 Å². The number of amides is 1. The van der Waals surface area contributed by atoms with Crippen molar-refractivity contribution in [3.8, 4) is 0 Å². The fourth-order valence-corrected chi connectivity index (χ4v) is 5.68. The topological polar surface area (TPSA) is 41.6 Å². The standard InChI is InChI=1S/C22H23ClN2O2/c1-13-7-5-6-10-18(13)24-22(26)20-19-14-11-16(17(23)12-14)21(19)27-25(20)15-8-3-2-4-9-15/h2-10,14,16-17,19-21H,11-12H2,1H3,(H,24,26). The molecule has 27 heavy (non-hydrogen) atoms. The summed E-state index contributed by atoms with van der Waals surface area (Å²) < 4.78 is 0. The first kappa shape index (κ1) is 17.1. The molecule has 4 nitrogen and oxygen atoms in total. The van der Waals surface area contributed by atoms with E-state index in [1.54, 1.807) is 0 Å². The number of halogens is 1. The summed E-state index contributed by atoms with van der Waals surface area (Å²) in [5.74, 6) is 0.974. The van der Waals surface area contributed by atoms with E-state index < -0.39 is 0 Å². The minimum Gasteiger partial charge on any atom is -0.324 e. The third-order valence-electron chi connectivity index (χ3n) is 6.45. The molecule has 6 atom stereocenters. The summed E-state index contributed by atoms with van der Waals surface area (Å²) in [6, 6.07) is 17.5. The maximum absolute atomic E-state index is 13.4. The predicted octanol–water partition coefficient (Wildman–Crippen LogP) is 4.39. The zero-order valence-corrected chi connectivity index (χ0v) is 16.0. The molecule has 1 aliphatic heterocycles. The van der Waals surface area contributed by atoms with Gasteiger partial charge in [0.1, 0.15) is 6.04 Å². The summed E-state index contributed by atoms with van der Waals surface area (Å²) >= 11 is 6.55. The van der Waals surface area contributed by atoms with Crippen LogP contribution in [0.5, 0.6) is 0 Å². The highest BCUT2D eigenvalue weighted by molar-refractivity contribution is 6.21. The Labute approximate surface area is 164 Å². The Balaban J connectivity index is 1.48. The number of anilines is 2. The second-order valence-electron chi connectivity index (χ2n) is 7.97. The van der Waals surface area contributed by atoms with Crippen molar-refractivity contribution < 1.29 is 9.63 Å². The summed E-state index contributed by atoms with van der Waals surface area (Å²) in [5.41, 5.74) is 2.83. The Bertz CT molecular complexity index is 858. The van der Waals surface area contributed by atoms with Gasteiger partial charge in [0, 0.05) is 22.9 Å². The summed E-state index contributed by atoms with van der Waals surface area (Å²) in [7, 11) is 0. The molecule has 5 heteroatoms. The molecule has 1 N–H and O–H groups in total. The Hall–Kier alpha value is -2.04. The van der Waals surface area contributed by atoms with Crippen molar-refractivity contribution in [2.75, 3.05) is 10.4 Å². The van der Waals surface area contributed by atoms with E-state index in [1.165, 1.54) is 0 Å². The molecule has 2 saturated carbocycles. The van der Waals surface area contributed by atoms with Gasteiger partial charge in [-0.3, -0.25) is 9.63 Å². The van der Waals surface area contributed by atoms with Crippen LogP contribution in [0.2, 0.25) is 0 Å². The number of fused-ring (bicyclic) bond motifs is 5. The van der Waals surface area contributed by atoms with Gasteiger partial charge in [0.2, 0.25) is 5.91 Å². The van der Waals surface area contributed by atoms with E-state index >= 15 is 0 Å². The normalized spacial score (nSPS) is 33.9. The lowest BCUT2D eigenvalue weighted by Gasteiger charge is -2.29. The minimum atomic E-state index is -0.337. The zero-order valence-electron chi connectivity index (χ0n) is 15.2. The number of carbonyl (C=O) groups excluding carboxylic acids is 1. The third kappa shape index (κ3) is 2.74. The van der Waals surface area contributed by atoms with E-state index in [9.17, 15) is 4.79 Å². The van der Waals surface area contributed by atoms with Crippen LogP contribution in [0.15, 0.2) is 54.6 Å². The van der Waals surface area contributed by atoms with E-state index in [1.807, 2.05) is 66.6 Å². The lowest BCUT2D eigenvalue weighted by Crippen LogP contribution is -2.45. The third-order valence-corrected chi connectivity index (χ3v) is 6.95. The maximum atomic E-state index is 13.4. The molecule has 0 spiro atoms. The Morgan fingerprint density at radius 1 is 1.11 bits per heavy atom. The number of hydrogen-bond donors (Lipinski definition) is 1. The number of rotatable bonds is 3. The van der Waals surface area contributed by atoms with Crippen LogP contribution >= 0.6 is 11.6 Å². The van der Waals surface area contributed by atoms with Crippen molar-refractivity contribution in [1.82, 2.24) is 0 Å². The lowest BCUT2D eigenvalue weighted by molar-refractivity contribution is -0.118. The maximum Gasteiger partial charge on any atom is 0.250 e. The van der Waals surface area contributed by atoms with Gasteiger partial charge in [-0.15, -0.1) is 11.6 Å². The highest BCUT2D eigenvalue weighted by Crippen LogP contribution is 2.57. The molecule has 1 saturated heterocycles. The van der Waals surface area contributed by atoms with Crippen molar-refractivity contribution >= 4 is 28.9 Å². The van der Waals surface area contributed by atoms with Crippen LogP contribution in [0, 0.1) is 24.7 Å². The summed E-state index contributed by atoms with van der Waals surface area (Å²) in [5, 5.41) is 5.13.